The van der Waals surface area contributed by atoms with E-state index in [0.717, 1.165) is 11.8 Å². The molecule has 0 fully saturated rings. The van der Waals surface area contributed by atoms with Crippen LogP contribution in [0.25, 0.3) is 11.3 Å². The minimum absolute atomic E-state index is 0.0160. The van der Waals surface area contributed by atoms with Crippen molar-refractivity contribution in [1.82, 2.24) is 9.78 Å². The molecule has 1 aromatic heterocycles. The predicted molar refractivity (Wildman–Crippen MR) is 79.4 cm³/mol. The molecule has 0 aliphatic rings. The summed E-state index contributed by atoms with van der Waals surface area (Å²) in [5, 5.41) is 15.4. The SMILES string of the molecule is Cc1ccc([N+](=O)[O-])cc1-c1nn(C(C)(C)C)cc1C=O. The van der Waals surface area contributed by atoms with E-state index in [9.17, 15) is 14.9 Å². The van der Waals surface area contributed by atoms with Gasteiger partial charge in [-0.2, -0.15) is 5.10 Å². The van der Waals surface area contributed by atoms with E-state index in [0.29, 0.717) is 16.8 Å². The third-order valence-corrected chi connectivity index (χ3v) is 3.24. The smallest absolute Gasteiger partial charge is 0.270 e. The van der Waals surface area contributed by atoms with Crippen molar-refractivity contribution in [2.45, 2.75) is 33.2 Å². The molecule has 21 heavy (non-hydrogen) atoms. The van der Waals surface area contributed by atoms with Crippen molar-refractivity contribution in [3.8, 4) is 11.3 Å². The van der Waals surface area contributed by atoms with E-state index >= 15 is 0 Å². The van der Waals surface area contributed by atoms with E-state index in [1.807, 2.05) is 27.7 Å². The van der Waals surface area contributed by atoms with Gasteiger partial charge in [0.1, 0.15) is 5.69 Å². The Labute approximate surface area is 122 Å². The summed E-state index contributed by atoms with van der Waals surface area (Å²) >= 11 is 0. The van der Waals surface area contributed by atoms with Crippen LogP contribution >= 0.6 is 0 Å². The highest BCUT2D eigenvalue weighted by molar-refractivity contribution is 5.86. The van der Waals surface area contributed by atoms with Gasteiger partial charge >= 0.3 is 0 Å². The van der Waals surface area contributed by atoms with Gasteiger partial charge in [0.25, 0.3) is 5.69 Å². The van der Waals surface area contributed by atoms with Gasteiger partial charge in [-0.15, -0.1) is 0 Å². The van der Waals surface area contributed by atoms with E-state index < -0.39 is 4.92 Å². The van der Waals surface area contributed by atoms with E-state index in [1.165, 1.54) is 12.1 Å². The van der Waals surface area contributed by atoms with Gasteiger partial charge in [-0.25, -0.2) is 0 Å². The number of non-ortho nitro benzene ring substituents is 1. The van der Waals surface area contributed by atoms with Crippen LogP contribution in [0.15, 0.2) is 24.4 Å². The van der Waals surface area contributed by atoms with Crippen LogP contribution in [0.1, 0.15) is 36.7 Å². The zero-order valence-corrected chi connectivity index (χ0v) is 12.5. The maximum Gasteiger partial charge on any atom is 0.270 e. The molecule has 1 heterocycles. The van der Waals surface area contributed by atoms with E-state index in [-0.39, 0.29) is 11.2 Å². The second-order valence-corrected chi connectivity index (χ2v) is 5.92. The first-order valence-corrected chi connectivity index (χ1v) is 6.55. The average molecular weight is 287 g/mol. The van der Waals surface area contributed by atoms with Crippen LogP contribution in [0.4, 0.5) is 5.69 Å². The van der Waals surface area contributed by atoms with Crippen molar-refractivity contribution in [3.63, 3.8) is 0 Å². The third-order valence-electron chi connectivity index (χ3n) is 3.24. The molecule has 0 radical (unpaired) electrons. The first-order valence-electron chi connectivity index (χ1n) is 6.55. The van der Waals surface area contributed by atoms with Crippen LogP contribution in [0, 0.1) is 17.0 Å². The molecule has 0 saturated heterocycles. The van der Waals surface area contributed by atoms with Gasteiger partial charge < -0.3 is 0 Å². The van der Waals surface area contributed by atoms with Crippen LogP contribution in [0.5, 0.6) is 0 Å². The van der Waals surface area contributed by atoms with E-state index in [4.69, 9.17) is 0 Å². The van der Waals surface area contributed by atoms with Crippen LogP contribution in [0.2, 0.25) is 0 Å². The summed E-state index contributed by atoms with van der Waals surface area (Å²) in [7, 11) is 0. The molecule has 0 spiro atoms. The normalized spacial score (nSPS) is 11.4. The summed E-state index contributed by atoms with van der Waals surface area (Å²) in [6, 6.07) is 4.57. The average Bonchev–Trinajstić information content (AvgIpc) is 2.82. The molecule has 6 heteroatoms. The molecule has 0 aliphatic heterocycles. The molecule has 2 aromatic rings. The molecule has 0 unspecified atom stereocenters. The Morgan fingerprint density at radius 1 is 1.33 bits per heavy atom. The van der Waals surface area contributed by atoms with Gasteiger partial charge in [-0.3, -0.25) is 19.6 Å². The fraction of sp³-hybridized carbons (Fsp3) is 0.333. The lowest BCUT2D eigenvalue weighted by atomic mass is 10.0. The number of nitro benzene ring substituents is 1. The number of aromatic nitrogens is 2. The molecular weight excluding hydrogens is 270 g/mol. The Balaban J connectivity index is 2.66. The number of aryl methyl sites for hydroxylation is 1. The Morgan fingerprint density at radius 3 is 2.52 bits per heavy atom. The van der Waals surface area contributed by atoms with Gasteiger partial charge in [0.2, 0.25) is 0 Å². The Morgan fingerprint density at radius 2 is 2.00 bits per heavy atom. The van der Waals surface area contributed by atoms with E-state index in [2.05, 4.69) is 5.10 Å². The zero-order chi connectivity index (χ0) is 15.8. The van der Waals surface area contributed by atoms with Crippen molar-refractivity contribution in [3.05, 3.63) is 45.6 Å². The second-order valence-electron chi connectivity index (χ2n) is 5.92. The fourth-order valence-corrected chi connectivity index (χ4v) is 2.01. The highest BCUT2D eigenvalue weighted by Crippen LogP contribution is 2.29. The van der Waals surface area contributed by atoms with Crippen LogP contribution in [-0.2, 0) is 5.54 Å². The molecule has 0 saturated carbocycles. The lowest BCUT2D eigenvalue weighted by Gasteiger charge is -2.18. The van der Waals surface area contributed by atoms with Crippen molar-refractivity contribution in [2.75, 3.05) is 0 Å². The highest BCUT2D eigenvalue weighted by Gasteiger charge is 2.21. The standard InChI is InChI=1S/C15H17N3O3/c1-10-5-6-12(18(20)21)7-13(10)14-11(9-19)8-17(16-14)15(2,3)4/h5-9H,1-4H3. The molecular formula is C15H17N3O3. The minimum atomic E-state index is -0.454. The quantitative estimate of drug-likeness (QED) is 0.493. The molecule has 110 valence electrons. The number of carbonyl (C=O) groups excluding carboxylic acids is 1. The molecule has 0 amide bonds. The van der Waals surface area contributed by atoms with Gasteiger partial charge in [0.15, 0.2) is 6.29 Å². The van der Waals surface area contributed by atoms with Crippen molar-refractivity contribution >= 4 is 12.0 Å². The number of nitro groups is 1. The van der Waals surface area contributed by atoms with Gasteiger partial charge in [0.05, 0.1) is 16.0 Å². The molecule has 0 bridgehead atoms. The summed E-state index contributed by atoms with van der Waals surface area (Å²) < 4.78 is 1.70. The monoisotopic (exact) mass is 287 g/mol. The molecule has 0 atom stereocenters. The lowest BCUT2D eigenvalue weighted by Crippen LogP contribution is -2.22. The highest BCUT2D eigenvalue weighted by atomic mass is 16.6. The lowest BCUT2D eigenvalue weighted by molar-refractivity contribution is -0.384. The van der Waals surface area contributed by atoms with Crippen LogP contribution in [-0.4, -0.2) is 21.0 Å². The molecule has 1 aromatic carbocycles. The largest absolute Gasteiger partial charge is 0.298 e. The summed E-state index contributed by atoms with van der Waals surface area (Å²) in [5.74, 6) is 0. The number of benzene rings is 1. The maximum absolute atomic E-state index is 11.3. The molecule has 6 nitrogen and oxygen atoms in total. The third kappa shape index (κ3) is 2.84. The maximum atomic E-state index is 11.3. The number of nitrogens with zero attached hydrogens (tertiary/aromatic N) is 3. The molecule has 0 N–H and O–H groups in total. The Hall–Kier alpha value is -2.50. The summed E-state index contributed by atoms with van der Waals surface area (Å²) in [4.78, 5) is 21.8. The summed E-state index contributed by atoms with van der Waals surface area (Å²) in [5.41, 5.74) is 2.05. The minimum Gasteiger partial charge on any atom is -0.298 e. The fourth-order valence-electron chi connectivity index (χ4n) is 2.01. The first kappa shape index (κ1) is 14.9. The van der Waals surface area contributed by atoms with Gasteiger partial charge in [0, 0.05) is 23.9 Å². The van der Waals surface area contributed by atoms with Crippen molar-refractivity contribution in [1.29, 1.82) is 0 Å². The topological polar surface area (TPSA) is 78.0 Å². The summed E-state index contributed by atoms with van der Waals surface area (Å²) in [6.07, 6.45) is 2.39. The van der Waals surface area contributed by atoms with Crippen molar-refractivity contribution < 1.29 is 9.72 Å². The second kappa shape index (κ2) is 5.12. The van der Waals surface area contributed by atoms with Crippen LogP contribution < -0.4 is 0 Å². The van der Waals surface area contributed by atoms with E-state index in [1.54, 1.807) is 16.9 Å². The van der Waals surface area contributed by atoms with Crippen molar-refractivity contribution in [2.24, 2.45) is 0 Å². The summed E-state index contributed by atoms with van der Waals surface area (Å²) in [6.45, 7) is 7.75. The van der Waals surface area contributed by atoms with Gasteiger partial charge in [-0.05, 0) is 33.3 Å². The predicted octanol–water partition coefficient (Wildman–Crippen LogP) is 3.33. The van der Waals surface area contributed by atoms with Gasteiger partial charge in [-0.1, -0.05) is 6.07 Å². The zero-order valence-electron chi connectivity index (χ0n) is 12.5. The number of hydrogen-bond donors (Lipinski definition) is 0. The Bertz CT molecular complexity index is 711. The number of hydrogen-bond acceptors (Lipinski definition) is 4. The molecule has 2 rings (SSSR count). The molecule has 0 aliphatic carbocycles. The van der Waals surface area contributed by atoms with Crippen LogP contribution in [0.3, 0.4) is 0 Å². The first-order chi connectivity index (χ1) is 9.74. The number of carbonyl (C=O) groups is 1. The Kier molecular flexibility index (Phi) is 3.63. The number of rotatable bonds is 3. The number of aldehydes is 1.